The lowest BCUT2D eigenvalue weighted by Gasteiger charge is -2.27. The van der Waals surface area contributed by atoms with Crippen LogP contribution < -0.4 is 10.6 Å². The van der Waals surface area contributed by atoms with Gasteiger partial charge in [-0.05, 0) is 30.7 Å². The molecule has 0 bridgehead atoms. The molecule has 5 rings (SSSR count). The number of nitrogens with one attached hydrogen (secondary N) is 3. The summed E-state index contributed by atoms with van der Waals surface area (Å²) in [6, 6.07) is 13.0. The SMILES string of the molecule is CC(C)(C)[SH]=C(O)N1CC(=O)c2c([nH]c(-c3ccnc(NC(=O)[C@@H]4C[C@@H]4F)c3)c2Nc2ccccc2)C1. The van der Waals surface area contributed by atoms with Gasteiger partial charge in [0.1, 0.15) is 17.2 Å². The molecule has 8 nitrogen and oxygen atoms in total. The molecule has 1 fully saturated rings. The molecule has 3 heterocycles. The second kappa shape index (κ2) is 9.85. The number of fused-ring (bicyclic) bond motifs is 1. The van der Waals surface area contributed by atoms with Gasteiger partial charge in [-0.1, -0.05) is 39.0 Å². The molecule has 1 amide bonds. The Kier molecular flexibility index (Phi) is 6.74. The van der Waals surface area contributed by atoms with Crippen molar-refractivity contribution in [2.75, 3.05) is 17.2 Å². The molecule has 0 saturated heterocycles. The number of para-hydroxylation sites is 1. The van der Waals surface area contributed by atoms with Crippen molar-refractivity contribution in [3.8, 4) is 11.3 Å². The van der Waals surface area contributed by atoms with Gasteiger partial charge in [-0.3, -0.25) is 9.59 Å². The first kappa shape index (κ1) is 25.3. The Morgan fingerprint density at radius 1 is 1.22 bits per heavy atom. The number of hydrogen-bond donors (Lipinski definition) is 5. The quantitative estimate of drug-likeness (QED) is 0.237. The van der Waals surface area contributed by atoms with Gasteiger partial charge in [0.15, 0.2) is 5.78 Å². The minimum Gasteiger partial charge on any atom is -0.355 e. The van der Waals surface area contributed by atoms with E-state index in [-0.39, 0.29) is 34.6 Å². The Morgan fingerprint density at radius 3 is 2.62 bits per heavy atom. The number of thiol groups is 1. The van der Waals surface area contributed by atoms with E-state index in [0.717, 1.165) is 17.0 Å². The van der Waals surface area contributed by atoms with Crippen molar-refractivity contribution >= 4 is 45.4 Å². The molecule has 1 aliphatic carbocycles. The summed E-state index contributed by atoms with van der Waals surface area (Å²) in [6.07, 6.45) is 0.698. The third-order valence-electron chi connectivity index (χ3n) is 6.15. The maximum atomic E-state index is 13.4. The highest BCUT2D eigenvalue weighted by atomic mass is 32.1. The highest BCUT2D eigenvalue weighted by Crippen LogP contribution is 2.39. The zero-order valence-corrected chi connectivity index (χ0v) is 21.8. The van der Waals surface area contributed by atoms with Crippen LogP contribution in [0.3, 0.4) is 0 Å². The summed E-state index contributed by atoms with van der Waals surface area (Å²) in [6.45, 7) is 6.47. The van der Waals surface area contributed by atoms with Gasteiger partial charge in [0.05, 0.1) is 29.4 Å². The predicted molar refractivity (Wildman–Crippen MR) is 146 cm³/mol. The standard InChI is InChI=1S/C27H30FN5O3S/c1-27(2,3)37-26(36)33-13-19-22(20(34)14-33)24(30-16-7-5-4-6-8-16)23(31-19)15-9-10-29-21(11-15)32-25(35)17-12-18(17)28/h4-11,17-18,30-31,36-37H,12-14H2,1-3H3,(H,29,32,35)/t17-,18+/m1/s1. The second-order valence-corrected chi connectivity index (χ2v) is 12.3. The number of H-pyrrole nitrogens is 1. The summed E-state index contributed by atoms with van der Waals surface area (Å²) in [5.41, 5.74) is 4.01. The largest absolute Gasteiger partial charge is 0.355 e. The summed E-state index contributed by atoms with van der Waals surface area (Å²) < 4.78 is 13.2. The topological polar surface area (TPSA) is 110 Å². The minimum absolute atomic E-state index is 0.0616. The number of ketones is 1. The highest BCUT2D eigenvalue weighted by Gasteiger charge is 2.43. The molecule has 0 spiro atoms. The lowest BCUT2D eigenvalue weighted by atomic mass is 10.0. The average Bonchev–Trinajstić information content (AvgIpc) is 3.46. The van der Waals surface area contributed by atoms with E-state index in [4.69, 9.17) is 0 Å². The zero-order chi connectivity index (χ0) is 26.3. The van der Waals surface area contributed by atoms with Gasteiger partial charge in [-0.15, -0.1) is 0 Å². The molecule has 10 heteroatoms. The first-order chi connectivity index (χ1) is 17.6. The maximum absolute atomic E-state index is 13.4. The number of aromatic amines is 1. The van der Waals surface area contributed by atoms with Crippen LogP contribution in [-0.2, 0) is 11.3 Å². The number of alkyl halides is 1. The number of benzene rings is 1. The molecule has 0 unspecified atom stereocenters. The summed E-state index contributed by atoms with van der Waals surface area (Å²) in [5, 5.41) is 17.0. The fourth-order valence-corrected chi connectivity index (χ4v) is 5.19. The minimum atomic E-state index is -1.10. The van der Waals surface area contributed by atoms with Gasteiger partial charge in [0.25, 0.3) is 0 Å². The maximum Gasteiger partial charge on any atom is 0.231 e. The van der Waals surface area contributed by atoms with Crippen LogP contribution in [0.4, 0.5) is 21.6 Å². The van der Waals surface area contributed by atoms with E-state index in [1.165, 1.54) is 0 Å². The number of pyridine rings is 1. The molecule has 2 aromatic heterocycles. The van der Waals surface area contributed by atoms with Gasteiger partial charge in [0, 0.05) is 34.4 Å². The number of Topliss-reactive ketones (excluding diaryl/α,β-unsaturated/α-hetero) is 1. The van der Waals surface area contributed by atoms with Crippen LogP contribution >= 0.6 is 11.4 Å². The molecule has 0 radical (unpaired) electrons. The fraction of sp³-hybridized carbons (Fsp3) is 0.333. The molecule has 1 aliphatic heterocycles. The fourth-order valence-electron chi connectivity index (χ4n) is 4.31. The summed E-state index contributed by atoms with van der Waals surface area (Å²) >= 11 is 0.736. The van der Waals surface area contributed by atoms with Crippen LogP contribution in [0, 0.1) is 5.92 Å². The molecule has 1 saturated carbocycles. The van der Waals surface area contributed by atoms with Crippen molar-refractivity contribution in [2.24, 2.45) is 5.92 Å². The highest BCUT2D eigenvalue weighted by molar-refractivity contribution is 7.99. The number of aliphatic hydroxyl groups excluding tert-OH is 1. The summed E-state index contributed by atoms with van der Waals surface area (Å²) in [7, 11) is 0. The van der Waals surface area contributed by atoms with Crippen LogP contribution in [0.5, 0.6) is 0 Å². The van der Waals surface area contributed by atoms with Crippen LogP contribution in [0.25, 0.3) is 11.3 Å². The Morgan fingerprint density at radius 2 is 1.95 bits per heavy atom. The number of nitrogens with zero attached hydrogens (tertiary/aromatic N) is 2. The molecule has 4 N–H and O–H groups in total. The van der Waals surface area contributed by atoms with Crippen LogP contribution in [0.15, 0.2) is 48.7 Å². The predicted octanol–water partition coefficient (Wildman–Crippen LogP) is 5.02. The number of hydrogen-bond acceptors (Lipinski definition) is 4. The van der Waals surface area contributed by atoms with Crippen molar-refractivity contribution in [3.63, 3.8) is 0 Å². The summed E-state index contributed by atoms with van der Waals surface area (Å²) in [5.74, 6) is -0.829. The number of carbonyl (C=O) groups is 2. The number of aliphatic hydroxyl groups is 1. The Bertz CT molecular complexity index is 1380. The van der Waals surface area contributed by atoms with Crippen molar-refractivity contribution in [1.29, 1.82) is 0 Å². The third kappa shape index (κ3) is 5.66. The van der Waals surface area contributed by atoms with Gasteiger partial charge >= 0.3 is 0 Å². The summed E-state index contributed by atoms with van der Waals surface area (Å²) in [4.78, 5) is 35.0. The molecule has 2 aliphatic rings. The molecule has 2 atom stereocenters. The van der Waals surface area contributed by atoms with Crippen LogP contribution in [0.2, 0.25) is 0 Å². The Labute approximate surface area is 218 Å². The number of carbonyl (C=O) groups excluding carboxylic acids is 2. The number of halogens is 1. The lowest BCUT2D eigenvalue weighted by molar-refractivity contribution is -0.117. The first-order valence-electron chi connectivity index (χ1n) is 12.1. The van der Waals surface area contributed by atoms with Gasteiger partial charge in [0.2, 0.25) is 5.91 Å². The molecule has 194 valence electrons. The molecule has 1 aromatic carbocycles. The smallest absolute Gasteiger partial charge is 0.231 e. The second-order valence-electron chi connectivity index (χ2n) is 10.4. The molecular formula is C27H30FN5O3S. The van der Waals surface area contributed by atoms with Crippen molar-refractivity contribution < 1.29 is 19.1 Å². The third-order valence-corrected chi connectivity index (χ3v) is 7.30. The van der Waals surface area contributed by atoms with Gasteiger partial charge in [-0.25, -0.2) is 14.3 Å². The van der Waals surface area contributed by atoms with Gasteiger partial charge in [-0.2, -0.15) is 11.4 Å². The molecule has 37 heavy (non-hydrogen) atoms. The number of rotatable bonds is 5. The van der Waals surface area contributed by atoms with Crippen LogP contribution in [-0.4, -0.2) is 54.3 Å². The van der Waals surface area contributed by atoms with Crippen molar-refractivity contribution in [1.82, 2.24) is 14.9 Å². The van der Waals surface area contributed by atoms with Crippen molar-refractivity contribution in [3.05, 3.63) is 59.9 Å². The lowest BCUT2D eigenvalue weighted by Crippen LogP contribution is -2.39. The monoisotopic (exact) mass is 523 g/mol. The molecular weight excluding hydrogens is 493 g/mol. The Balaban J connectivity index is 1.53. The van der Waals surface area contributed by atoms with Crippen molar-refractivity contribution in [2.45, 2.75) is 44.7 Å². The van der Waals surface area contributed by atoms with E-state index in [1.54, 1.807) is 23.2 Å². The Hall–Kier alpha value is -3.34. The van der Waals surface area contributed by atoms with E-state index in [0.29, 0.717) is 40.6 Å². The molecule has 3 aromatic rings. The average molecular weight is 524 g/mol. The first-order valence-corrected chi connectivity index (χ1v) is 13.0. The zero-order valence-electron chi connectivity index (χ0n) is 20.9. The van der Waals surface area contributed by atoms with Gasteiger partial charge < -0.3 is 20.7 Å². The number of aromatic nitrogens is 2. The van der Waals surface area contributed by atoms with E-state index in [9.17, 15) is 19.1 Å². The van der Waals surface area contributed by atoms with E-state index >= 15 is 0 Å². The number of anilines is 3. The van der Waals surface area contributed by atoms with E-state index in [2.05, 4.69) is 20.6 Å². The van der Waals surface area contributed by atoms with E-state index < -0.39 is 12.1 Å². The number of amides is 1. The van der Waals surface area contributed by atoms with E-state index in [1.807, 2.05) is 51.1 Å². The normalized spacial score (nSPS) is 20.1. The van der Waals surface area contributed by atoms with Crippen LogP contribution in [0.1, 0.15) is 43.2 Å².